The number of nitrogens with zero attached hydrogens (tertiary/aromatic N) is 4. The lowest BCUT2D eigenvalue weighted by Crippen LogP contribution is -2.07. The third kappa shape index (κ3) is 4.18. The van der Waals surface area contributed by atoms with Gasteiger partial charge in [0.05, 0.1) is 12.0 Å². The van der Waals surface area contributed by atoms with Crippen molar-refractivity contribution < 1.29 is 9.13 Å². The second-order valence-electron chi connectivity index (χ2n) is 6.53. The van der Waals surface area contributed by atoms with Crippen molar-refractivity contribution in [3.05, 3.63) is 58.9 Å². The van der Waals surface area contributed by atoms with Gasteiger partial charge in [0.1, 0.15) is 28.9 Å². The predicted molar refractivity (Wildman–Crippen MR) is 110 cm³/mol. The Labute approximate surface area is 167 Å². The van der Waals surface area contributed by atoms with E-state index in [4.69, 9.17) is 4.74 Å². The molecule has 0 saturated carbocycles. The van der Waals surface area contributed by atoms with E-state index in [0.29, 0.717) is 27.6 Å². The summed E-state index contributed by atoms with van der Waals surface area (Å²) in [6, 6.07) is 12.0. The van der Waals surface area contributed by atoms with E-state index in [1.165, 1.54) is 12.1 Å². The molecule has 142 valence electrons. The van der Waals surface area contributed by atoms with E-state index in [0.717, 1.165) is 28.3 Å². The van der Waals surface area contributed by atoms with Crippen LogP contribution in [-0.4, -0.2) is 29.7 Å². The number of halogens is 1. The minimum absolute atomic E-state index is 0.294. The maximum Gasteiger partial charge on any atom is 0.218 e. The summed E-state index contributed by atoms with van der Waals surface area (Å²) in [5.74, 6) is 0.254. The number of nitriles is 1. The summed E-state index contributed by atoms with van der Waals surface area (Å²) >= 11 is 1.08. The molecule has 3 rings (SSSR count). The van der Waals surface area contributed by atoms with Gasteiger partial charge in [-0.2, -0.15) is 9.64 Å². The average molecular weight is 394 g/mol. The van der Waals surface area contributed by atoms with Crippen LogP contribution >= 0.6 is 11.5 Å². The van der Waals surface area contributed by atoms with E-state index in [2.05, 4.69) is 15.4 Å². The number of aromatic nitrogens is 1. The third-order valence-corrected chi connectivity index (χ3v) is 4.72. The van der Waals surface area contributed by atoms with Crippen molar-refractivity contribution in [2.45, 2.75) is 13.8 Å². The molecule has 0 saturated heterocycles. The molecule has 0 unspecified atom stereocenters. The zero-order valence-corrected chi connectivity index (χ0v) is 16.8. The number of benzene rings is 2. The number of aryl methyl sites for hydroxylation is 2. The lowest BCUT2D eigenvalue weighted by Gasteiger charge is -2.11. The Balaban J connectivity index is 1.95. The molecule has 1 heterocycles. The second-order valence-corrected chi connectivity index (χ2v) is 7.27. The Morgan fingerprint density at radius 1 is 1.21 bits per heavy atom. The van der Waals surface area contributed by atoms with Gasteiger partial charge in [0.25, 0.3) is 0 Å². The minimum Gasteiger partial charge on any atom is -0.443 e. The van der Waals surface area contributed by atoms with Crippen LogP contribution in [0.25, 0.3) is 11.3 Å². The fraction of sp³-hybridized carbons (Fsp3) is 0.190. The van der Waals surface area contributed by atoms with Crippen LogP contribution in [0, 0.1) is 31.0 Å². The van der Waals surface area contributed by atoms with Crippen LogP contribution < -0.4 is 4.74 Å². The fourth-order valence-corrected chi connectivity index (χ4v) is 3.31. The van der Waals surface area contributed by atoms with Crippen molar-refractivity contribution >= 4 is 23.6 Å². The van der Waals surface area contributed by atoms with E-state index >= 15 is 0 Å². The molecule has 28 heavy (non-hydrogen) atoms. The summed E-state index contributed by atoms with van der Waals surface area (Å²) in [5, 5.41) is 9.99. The lowest BCUT2D eigenvalue weighted by molar-refractivity contribution is 0.491. The molecule has 2 aromatic carbocycles. The highest BCUT2D eigenvalue weighted by molar-refractivity contribution is 7.08. The number of aliphatic imine (C=N–C) groups is 1. The first-order valence-corrected chi connectivity index (χ1v) is 9.32. The van der Waals surface area contributed by atoms with Crippen LogP contribution in [0.3, 0.4) is 0 Å². The molecule has 0 fully saturated rings. The molecule has 0 aliphatic heterocycles. The van der Waals surface area contributed by atoms with E-state index in [9.17, 15) is 9.65 Å². The number of hydrogen-bond acceptors (Lipinski definition) is 5. The zero-order chi connectivity index (χ0) is 20.3. The number of rotatable bonds is 5. The maximum atomic E-state index is 13.5. The van der Waals surface area contributed by atoms with Gasteiger partial charge in [-0.15, -0.1) is 0 Å². The van der Waals surface area contributed by atoms with Gasteiger partial charge in [0.2, 0.25) is 5.06 Å². The van der Waals surface area contributed by atoms with Crippen LogP contribution in [0.5, 0.6) is 10.8 Å². The summed E-state index contributed by atoms with van der Waals surface area (Å²) in [4.78, 5) is 6.31. The van der Waals surface area contributed by atoms with Gasteiger partial charge in [0, 0.05) is 31.2 Å². The fourth-order valence-electron chi connectivity index (χ4n) is 2.58. The summed E-state index contributed by atoms with van der Waals surface area (Å²) < 4.78 is 23.9. The molecule has 0 N–H and O–H groups in total. The van der Waals surface area contributed by atoms with Crippen LogP contribution in [0.2, 0.25) is 0 Å². The standard InChI is InChI=1S/C21H19FN4OS/c1-13-9-19(14(2)8-18(13)24-12-26(3)4)27-21-17(11-23)20(25-28-21)15-6-5-7-16(22)10-15/h5-10,12H,1-4H3/b24-12-. The Hall–Kier alpha value is -3.24. The first-order valence-electron chi connectivity index (χ1n) is 8.54. The van der Waals surface area contributed by atoms with E-state index < -0.39 is 0 Å². The smallest absolute Gasteiger partial charge is 0.218 e. The van der Waals surface area contributed by atoms with Crippen molar-refractivity contribution in [1.29, 1.82) is 5.26 Å². The number of ether oxygens (including phenoxy) is 1. The Morgan fingerprint density at radius 2 is 2.00 bits per heavy atom. The van der Waals surface area contributed by atoms with Crippen LogP contribution in [0.1, 0.15) is 16.7 Å². The molecule has 0 atom stereocenters. The highest BCUT2D eigenvalue weighted by Crippen LogP contribution is 2.38. The first kappa shape index (κ1) is 19.5. The van der Waals surface area contributed by atoms with Crippen molar-refractivity contribution in [3.8, 4) is 28.1 Å². The van der Waals surface area contributed by atoms with E-state index in [1.54, 1.807) is 18.5 Å². The van der Waals surface area contributed by atoms with Gasteiger partial charge in [-0.1, -0.05) is 12.1 Å². The van der Waals surface area contributed by atoms with Crippen molar-refractivity contribution in [2.24, 2.45) is 4.99 Å². The van der Waals surface area contributed by atoms with Gasteiger partial charge in [-0.3, -0.25) is 0 Å². The minimum atomic E-state index is -0.378. The Morgan fingerprint density at radius 3 is 2.68 bits per heavy atom. The summed E-state index contributed by atoms with van der Waals surface area (Å²) in [7, 11) is 3.82. The van der Waals surface area contributed by atoms with Crippen LogP contribution in [0.15, 0.2) is 41.4 Å². The van der Waals surface area contributed by atoms with Gasteiger partial charge in [0.15, 0.2) is 0 Å². The monoisotopic (exact) mass is 394 g/mol. The van der Waals surface area contributed by atoms with Crippen molar-refractivity contribution in [2.75, 3.05) is 14.1 Å². The molecule has 0 radical (unpaired) electrons. The van der Waals surface area contributed by atoms with Gasteiger partial charge in [-0.25, -0.2) is 9.38 Å². The highest BCUT2D eigenvalue weighted by Gasteiger charge is 2.18. The molecule has 0 aliphatic rings. The van der Waals surface area contributed by atoms with Crippen LogP contribution in [0.4, 0.5) is 10.1 Å². The summed E-state index contributed by atoms with van der Waals surface area (Å²) in [5.41, 5.74) is 3.95. The molecule has 1 aromatic heterocycles. The molecular weight excluding hydrogens is 375 g/mol. The largest absolute Gasteiger partial charge is 0.443 e. The van der Waals surface area contributed by atoms with E-state index in [1.807, 2.05) is 45.0 Å². The Kier molecular flexibility index (Phi) is 5.71. The predicted octanol–water partition coefficient (Wildman–Crippen LogP) is 5.45. The zero-order valence-electron chi connectivity index (χ0n) is 16.0. The van der Waals surface area contributed by atoms with E-state index in [-0.39, 0.29) is 5.82 Å². The maximum absolute atomic E-state index is 13.5. The lowest BCUT2D eigenvalue weighted by atomic mass is 10.1. The van der Waals surface area contributed by atoms with Crippen molar-refractivity contribution in [1.82, 2.24) is 9.27 Å². The molecule has 0 amide bonds. The molecule has 7 heteroatoms. The van der Waals surface area contributed by atoms with Crippen molar-refractivity contribution in [3.63, 3.8) is 0 Å². The quantitative estimate of drug-likeness (QED) is 0.426. The first-order chi connectivity index (χ1) is 13.4. The average Bonchev–Trinajstić information content (AvgIpc) is 3.05. The Bertz CT molecular complexity index is 1080. The molecular formula is C21H19FN4OS. The number of hydrogen-bond donors (Lipinski definition) is 0. The highest BCUT2D eigenvalue weighted by atomic mass is 32.1. The molecule has 5 nitrogen and oxygen atoms in total. The molecule has 0 bridgehead atoms. The van der Waals surface area contributed by atoms with Gasteiger partial charge >= 0.3 is 0 Å². The summed E-state index contributed by atoms with van der Waals surface area (Å²) in [6.45, 7) is 3.87. The topological polar surface area (TPSA) is 61.5 Å². The SMILES string of the molecule is Cc1cc(Oc2snc(-c3cccc(F)c3)c2C#N)c(C)cc1/N=C\N(C)C. The molecule has 0 aliphatic carbocycles. The third-order valence-electron chi connectivity index (χ3n) is 3.99. The summed E-state index contributed by atoms with van der Waals surface area (Å²) in [6.07, 6.45) is 1.74. The van der Waals surface area contributed by atoms with Gasteiger partial charge < -0.3 is 9.64 Å². The second kappa shape index (κ2) is 8.19. The van der Waals surface area contributed by atoms with Crippen LogP contribution in [-0.2, 0) is 0 Å². The normalized spacial score (nSPS) is 10.9. The molecule has 0 spiro atoms. The molecule has 3 aromatic rings. The van der Waals surface area contributed by atoms with Gasteiger partial charge in [-0.05, 0) is 49.2 Å².